The number of ether oxygens (including phenoxy) is 1. The Labute approximate surface area is 103 Å². The first-order valence-electron chi connectivity index (χ1n) is 6.64. The van der Waals surface area contributed by atoms with Crippen molar-refractivity contribution in [2.75, 3.05) is 13.1 Å². The first kappa shape index (κ1) is 12.7. The van der Waals surface area contributed by atoms with Gasteiger partial charge in [0, 0.05) is 19.1 Å². The summed E-state index contributed by atoms with van der Waals surface area (Å²) in [7, 11) is 0. The van der Waals surface area contributed by atoms with Gasteiger partial charge in [-0.1, -0.05) is 12.8 Å². The quantitative estimate of drug-likeness (QED) is 0.792. The summed E-state index contributed by atoms with van der Waals surface area (Å²) in [6.45, 7) is 7.57. The van der Waals surface area contributed by atoms with Crippen molar-refractivity contribution in [3.63, 3.8) is 0 Å². The third-order valence-electron chi connectivity index (χ3n) is 3.37. The number of nitrogens with one attached hydrogen (secondary N) is 2. The number of rotatable bonds is 3. The molecule has 0 unspecified atom stereocenters. The number of hydrogen-bond donors (Lipinski definition) is 2. The molecule has 17 heavy (non-hydrogen) atoms. The fourth-order valence-electron chi connectivity index (χ4n) is 2.39. The van der Waals surface area contributed by atoms with Gasteiger partial charge in [-0.25, -0.2) is 4.79 Å². The van der Waals surface area contributed by atoms with E-state index < -0.39 is 5.60 Å². The fourth-order valence-corrected chi connectivity index (χ4v) is 2.39. The lowest BCUT2D eigenvalue weighted by Crippen LogP contribution is -2.43. The highest BCUT2D eigenvalue weighted by atomic mass is 16.6. The van der Waals surface area contributed by atoms with Crippen LogP contribution in [0.25, 0.3) is 0 Å². The smallest absolute Gasteiger partial charge is 0.407 e. The number of carbonyl (C=O) groups excluding carboxylic acids is 1. The first-order chi connectivity index (χ1) is 7.94. The van der Waals surface area contributed by atoms with Crippen molar-refractivity contribution in [3.8, 4) is 0 Å². The molecule has 1 saturated carbocycles. The number of alkyl carbamates (subject to hydrolysis) is 1. The van der Waals surface area contributed by atoms with E-state index in [1.54, 1.807) is 0 Å². The van der Waals surface area contributed by atoms with Crippen molar-refractivity contribution in [2.24, 2.45) is 11.8 Å². The van der Waals surface area contributed by atoms with Crippen molar-refractivity contribution < 1.29 is 9.53 Å². The molecule has 0 aromatic heterocycles. The molecule has 2 atom stereocenters. The molecular weight excluding hydrogens is 216 g/mol. The number of hydrogen-bond acceptors (Lipinski definition) is 3. The maximum Gasteiger partial charge on any atom is 0.407 e. The largest absolute Gasteiger partial charge is 0.444 e. The zero-order chi connectivity index (χ0) is 12.5. The van der Waals surface area contributed by atoms with Crippen LogP contribution >= 0.6 is 0 Å². The van der Waals surface area contributed by atoms with E-state index in [-0.39, 0.29) is 12.1 Å². The molecule has 2 fully saturated rings. The van der Waals surface area contributed by atoms with Crippen LogP contribution in [0.2, 0.25) is 0 Å². The van der Waals surface area contributed by atoms with E-state index in [9.17, 15) is 4.79 Å². The van der Waals surface area contributed by atoms with Gasteiger partial charge in [-0.15, -0.1) is 0 Å². The van der Waals surface area contributed by atoms with Crippen LogP contribution in [0.5, 0.6) is 0 Å². The minimum atomic E-state index is -0.415. The van der Waals surface area contributed by atoms with Gasteiger partial charge in [0.15, 0.2) is 0 Å². The normalized spacial score (nSPS) is 29.1. The average Bonchev–Trinajstić information content (AvgIpc) is 2.86. The molecule has 1 aliphatic carbocycles. The van der Waals surface area contributed by atoms with Crippen LogP contribution in [0.1, 0.15) is 40.0 Å². The van der Waals surface area contributed by atoms with Crippen LogP contribution in [-0.2, 0) is 4.74 Å². The Hall–Kier alpha value is -0.770. The van der Waals surface area contributed by atoms with E-state index in [1.165, 1.54) is 19.3 Å². The standard InChI is InChI=1S/C13H24N2O2/c1-13(2,3)17-12(16)15-11-8-14-7-10(11)6-9-4-5-9/h9-11,14H,4-8H2,1-3H3,(H,15,16)/t10-,11-/m1/s1. The minimum absolute atomic E-state index is 0.241. The zero-order valence-electron chi connectivity index (χ0n) is 11.1. The second-order valence-electron chi connectivity index (χ2n) is 6.35. The molecule has 4 nitrogen and oxygen atoms in total. The van der Waals surface area contributed by atoms with Crippen LogP contribution in [0.15, 0.2) is 0 Å². The third-order valence-corrected chi connectivity index (χ3v) is 3.37. The maximum absolute atomic E-state index is 11.7. The molecular formula is C13H24N2O2. The summed E-state index contributed by atoms with van der Waals surface area (Å²) in [6, 6.07) is 0.241. The molecule has 2 aliphatic rings. The molecule has 1 aliphatic heterocycles. The van der Waals surface area contributed by atoms with Gasteiger partial charge in [-0.3, -0.25) is 0 Å². The van der Waals surface area contributed by atoms with Gasteiger partial charge in [-0.05, 0) is 39.0 Å². The van der Waals surface area contributed by atoms with Gasteiger partial charge in [0.1, 0.15) is 5.60 Å². The van der Waals surface area contributed by atoms with E-state index in [4.69, 9.17) is 4.74 Å². The minimum Gasteiger partial charge on any atom is -0.444 e. The summed E-state index contributed by atoms with van der Waals surface area (Å²) < 4.78 is 5.29. The topological polar surface area (TPSA) is 50.4 Å². The van der Waals surface area contributed by atoms with E-state index in [2.05, 4.69) is 10.6 Å². The van der Waals surface area contributed by atoms with Crippen LogP contribution in [0.3, 0.4) is 0 Å². The summed E-state index contributed by atoms with van der Waals surface area (Å²) in [4.78, 5) is 11.7. The van der Waals surface area contributed by atoms with Gasteiger partial charge in [0.2, 0.25) is 0 Å². The average molecular weight is 240 g/mol. The molecule has 0 aromatic carbocycles. The monoisotopic (exact) mass is 240 g/mol. The van der Waals surface area contributed by atoms with Crippen LogP contribution in [0, 0.1) is 11.8 Å². The van der Waals surface area contributed by atoms with Gasteiger partial charge >= 0.3 is 6.09 Å². The number of amides is 1. The molecule has 98 valence electrons. The van der Waals surface area contributed by atoms with Crippen molar-refractivity contribution in [3.05, 3.63) is 0 Å². The lowest BCUT2D eigenvalue weighted by Gasteiger charge is -2.24. The highest BCUT2D eigenvalue weighted by Gasteiger charge is 2.34. The van der Waals surface area contributed by atoms with Crippen LogP contribution < -0.4 is 10.6 Å². The molecule has 4 heteroatoms. The van der Waals surface area contributed by atoms with Crippen LogP contribution in [0.4, 0.5) is 4.79 Å². The molecule has 1 amide bonds. The van der Waals surface area contributed by atoms with Gasteiger partial charge in [0.25, 0.3) is 0 Å². The highest BCUT2D eigenvalue weighted by molar-refractivity contribution is 5.68. The predicted octanol–water partition coefficient (Wildman–Crippen LogP) is 1.90. The molecule has 2 rings (SSSR count). The molecule has 1 heterocycles. The Bertz CT molecular complexity index is 282. The summed E-state index contributed by atoms with van der Waals surface area (Å²) in [5, 5.41) is 6.35. The first-order valence-corrected chi connectivity index (χ1v) is 6.64. The Kier molecular flexibility index (Phi) is 3.61. The Morgan fingerprint density at radius 2 is 2.06 bits per heavy atom. The molecule has 0 bridgehead atoms. The summed E-state index contributed by atoms with van der Waals surface area (Å²) in [6.07, 6.45) is 3.70. The summed E-state index contributed by atoms with van der Waals surface area (Å²) in [5.41, 5.74) is -0.415. The third kappa shape index (κ3) is 4.19. The van der Waals surface area contributed by atoms with Crippen molar-refractivity contribution in [1.82, 2.24) is 10.6 Å². The van der Waals surface area contributed by atoms with Crippen molar-refractivity contribution in [2.45, 2.75) is 51.7 Å². The molecule has 0 radical (unpaired) electrons. The van der Waals surface area contributed by atoms with E-state index >= 15 is 0 Å². The second-order valence-corrected chi connectivity index (χ2v) is 6.35. The molecule has 1 saturated heterocycles. The van der Waals surface area contributed by atoms with Gasteiger partial charge in [-0.2, -0.15) is 0 Å². The van der Waals surface area contributed by atoms with E-state index in [0.29, 0.717) is 5.92 Å². The van der Waals surface area contributed by atoms with Crippen LogP contribution in [-0.4, -0.2) is 30.8 Å². The van der Waals surface area contributed by atoms with E-state index in [1.807, 2.05) is 20.8 Å². The maximum atomic E-state index is 11.7. The van der Waals surface area contributed by atoms with Gasteiger partial charge in [0.05, 0.1) is 0 Å². The summed E-state index contributed by atoms with van der Waals surface area (Å²) >= 11 is 0. The molecule has 0 aromatic rings. The van der Waals surface area contributed by atoms with Crippen molar-refractivity contribution >= 4 is 6.09 Å². The molecule has 0 spiro atoms. The second kappa shape index (κ2) is 4.84. The van der Waals surface area contributed by atoms with E-state index in [0.717, 1.165) is 19.0 Å². The summed E-state index contributed by atoms with van der Waals surface area (Å²) in [5.74, 6) is 1.48. The highest BCUT2D eigenvalue weighted by Crippen LogP contribution is 2.36. The fraction of sp³-hybridized carbons (Fsp3) is 0.923. The van der Waals surface area contributed by atoms with Gasteiger partial charge < -0.3 is 15.4 Å². The lowest BCUT2D eigenvalue weighted by atomic mass is 9.97. The Balaban J connectivity index is 1.78. The Morgan fingerprint density at radius 3 is 2.65 bits per heavy atom. The zero-order valence-corrected chi connectivity index (χ0v) is 11.1. The molecule has 2 N–H and O–H groups in total. The Morgan fingerprint density at radius 1 is 1.35 bits per heavy atom. The number of carbonyl (C=O) groups is 1. The lowest BCUT2D eigenvalue weighted by molar-refractivity contribution is 0.0495. The SMILES string of the molecule is CC(C)(C)OC(=O)N[C@@H]1CNC[C@H]1CC1CC1. The van der Waals surface area contributed by atoms with Crippen molar-refractivity contribution in [1.29, 1.82) is 0 Å². The predicted molar refractivity (Wildman–Crippen MR) is 66.9 cm³/mol.